The minimum atomic E-state index is -2.35. The van der Waals surface area contributed by atoms with Gasteiger partial charge in [-0.25, -0.2) is 22.0 Å². The van der Waals surface area contributed by atoms with Crippen LogP contribution < -0.4 is 5.32 Å². The molecule has 2 N–H and O–H groups in total. The predicted molar refractivity (Wildman–Crippen MR) is 181 cm³/mol. The number of carbonyl (C=O) groups is 1. The lowest BCUT2D eigenvalue weighted by Crippen LogP contribution is -2.44. The molecule has 51 heavy (non-hydrogen) atoms. The van der Waals surface area contributed by atoms with E-state index in [2.05, 4.69) is 41.4 Å². The number of hydrogen-bond acceptors (Lipinski definition) is 5. The summed E-state index contributed by atoms with van der Waals surface area (Å²) in [5.74, 6) is -12.8. The molecule has 0 saturated carbocycles. The Labute approximate surface area is 292 Å². The van der Waals surface area contributed by atoms with Crippen molar-refractivity contribution in [3.63, 3.8) is 0 Å². The quantitative estimate of drug-likeness (QED) is 0.0820. The number of aliphatic hydroxyl groups is 1. The topological polar surface area (TPSA) is 71.0 Å². The largest absolute Gasteiger partial charge is 0.392 e. The lowest BCUT2D eigenvalue weighted by Gasteiger charge is -2.43. The first-order valence-corrected chi connectivity index (χ1v) is 16.4. The van der Waals surface area contributed by atoms with E-state index in [1.54, 1.807) is 12.1 Å². The van der Waals surface area contributed by atoms with Crippen molar-refractivity contribution in [1.82, 2.24) is 4.90 Å². The van der Waals surface area contributed by atoms with Gasteiger partial charge in [-0.15, -0.1) is 0 Å². The molecule has 0 unspecified atom stereocenters. The maximum Gasteiger partial charge on any atom is 0.261 e. The number of nitrogens with one attached hydrogen (secondary N) is 1. The molecule has 264 valence electrons. The average molecular weight is 703 g/mol. The van der Waals surface area contributed by atoms with Crippen molar-refractivity contribution in [3.05, 3.63) is 172 Å². The van der Waals surface area contributed by atoms with Crippen LogP contribution in [0.4, 0.5) is 27.6 Å². The Morgan fingerprint density at radius 2 is 1.18 bits per heavy atom. The van der Waals surface area contributed by atoms with E-state index in [1.165, 1.54) is 12.1 Å². The number of nitrogens with zero attached hydrogens (tertiary/aromatic N) is 1. The number of amides is 1. The van der Waals surface area contributed by atoms with E-state index in [4.69, 9.17) is 9.47 Å². The number of benzene rings is 5. The summed E-state index contributed by atoms with van der Waals surface area (Å²) in [6.07, 6.45) is -1.61. The molecule has 0 spiro atoms. The van der Waals surface area contributed by atoms with Gasteiger partial charge in [0.2, 0.25) is 5.82 Å². The van der Waals surface area contributed by atoms with E-state index < -0.39 is 53.0 Å². The van der Waals surface area contributed by atoms with Crippen molar-refractivity contribution in [2.24, 2.45) is 5.92 Å². The standard InChI is InChI=1S/C40H35F5N2O4/c1-24-31(22-47(20-25-8-4-2-5-9-25)21-26-10-6-3-7-11-26)50-40(51-38(24)28-14-12-27(23-48)13-15-28)29-16-18-30(19-17-29)46-39(49)32-33(41)35(43)37(45)36(44)34(32)42/h2-19,24,31,38,40,48H,20-23H2,1H3,(H,46,49)/t24-,31+,38+,40+/m0/s1. The minimum Gasteiger partial charge on any atom is -0.392 e. The Morgan fingerprint density at radius 3 is 1.71 bits per heavy atom. The summed E-state index contributed by atoms with van der Waals surface area (Å²) in [6.45, 7) is 3.85. The second kappa shape index (κ2) is 15.9. The van der Waals surface area contributed by atoms with Crippen LogP contribution in [0.3, 0.4) is 0 Å². The van der Waals surface area contributed by atoms with E-state index in [0.717, 1.165) is 22.3 Å². The summed E-state index contributed by atoms with van der Waals surface area (Å²) in [5.41, 5.74) is 2.96. The third-order valence-electron chi connectivity index (χ3n) is 8.94. The third kappa shape index (κ3) is 8.18. The normalized spacial score (nSPS) is 18.9. The second-order valence-corrected chi connectivity index (χ2v) is 12.5. The van der Waals surface area contributed by atoms with Crippen molar-refractivity contribution in [2.75, 3.05) is 11.9 Å². The Kier molecular flexibility index (Phi) is 11.2. The zero-order valence-corrected chi connectivity index (χ0v) is 27.5. The first-order valence-electron chi connectivity index (χ1n) is 16.4. The monoisotopic (exact) mass is 702 g/mol. The van der Waals surface area contributed by atoms with E-state index in [0.29, 0.717) is 25.2 Å². The molecule has 0 aliphatic carbocycles. The number of anilines is 1. The number of halogens is 5. The fraction of sp³-hybridized carbons (Fsp3) is 0.225. The fourth-order valence-corrected chi connectivity index (χ4v) is 6.17. The van der Waals surface area contributed by atoms with Gasteiger partial charge in [0.1, 0.15) is 5.56 Å². The summed E-state index contributed by atoms with van der Waals surface area (Å²) in [4.78, 5) is 14.9. The van der Waals surface area contributed by atoms with Crippen LogP contribution in [-0.4, -0.2) is 28.6 Å². The van der Waals surface area contributed by atoms with Crippen molar-refractivity contribution in [3.8, 4) is 0 Å². The molecule has 6 nitrogen and oxygen atoms in total. The first-order chi connectivity index (χ1) is 24.6. The maximum atomic E-state index is 14.3. The smallest absolute Gasteiger partial charge is 0.261 e. The lowest BCUT2D eigenvalue weighted by molar-refractivity contribution is -0.276. The molecule has 0 aromatic heterocycles. The van der Waals surface area contributed by atoms with Crippen LogP contribution in [0.25, 0.3) is 0 Å². The molecule has 6 rings (SSSR count). The second-order valence-electron chi connectivity index (χ2n) is 12.5. The fourth-order valence-electron chi connectivity index (χ4n) is 6.17. The van der Waals surface area contributed by atoms with Gasteiger partial charge in [0.25, 0.3) is 5.91 Å². The Hall–Kier alpha value is -4.94. The zero-order chi connectivity index (χ0) is 36.1. The van der Waals surface area contributed by atoms with Gasteiger partial charge in [-0.2, -0.15) is 0 Å². The summed E-state index contributed by atoms with van der Waals surface area (Å²) >= 11 is 0. The Bertz CT molecular complexity index is 1880. The van der Waals surface area contributed by atoms with Crippen LogP contribution in [0.5, 0.6) is 0 Å². The van der Waals surface area contributed by atoms with Crippen molar-refractivity contribution in [1.29, 1.82) is 0 Å². The zero-order valence-electron chi connectivity index (χ0n) is 27.5. The van der Waals surface area contributed by atoms with Gasteiger partial charge in [-0.3, -0.25) is 9.69 Å². The number of rotatable bonds is 11. The molecule has 0 radical (unpaired) electrons. The van der Waals surface area contributed by atoms with Gasteiger partial charge in [0.05, 0.1) is 18.8 Å². The molecule has 1 heterocycles. The van der Waals surface area contributed by atoms with Gasteiger partial charge >= 0.3 is 0 Å². The summed E-state index contributed by atoms with van der Waals surface area (Å²) in [5, 5.41) is 11.8. The molecule has 1 aliphatic heterocycles. The highest BCUT2D eigenvalue weighted by Gasteiger charge is 2.39. The van der Waals surface area contributed by atoms with Gasteiger partial charge in [0, 0.05) is 36.8 Å². The first kappa shape index (κ1) is 35.9. The predicted octanol–water partition coefficient (Wildman–Crippen LogP) is 8.62. The summed E-state index contributed by atoms with van der Waals surface area (Å²) in [7, 11) is 0. The van der Waals surface area contributed by atoms with Gasteiger partial charge in [-0.1, -0.05) is 104 Å². The summed E-state index contributed by atoms with van der Waals surface area (Å²) < 4.78 is 82.6. The molecule has 1 aliphatic rings. The van der Waals surface area contributed by atoms with Gasteiger partial charge < -0.3 is 19.9 Å². The number of aliphatic hydroxyl groups excluding tert-OH is 1. The van der Waals surface area contributed by atoms with E-state index in [-0.39, 0.29) is 24.3 Å². The SMILES string of the molecule is C[C@H]1[C@@H](CN(Cc2ccccc2)Cc2ccccc2)O[C@@H](c2ccc(NC(=O)c3c(F)c(F)c(F)c(F)c3F)cc2)O[C@H]1c1ccc(CO)cc1. The third-order valence-corrected chi connectivity index (χ3v) is 8.94. The maximum absolute atomic E-state index is 14.3. The van der Waals surface area contributed by atoms with E-state index >= 15 is 0 Å². The molecule has 0 bridgehead atoms. The number of carbonyl (C=O) groups excluding carboxylic acids is 1. The van der Waals surface area contributed by atoms with Crippen LogP contribution in [0.2, 0.25) is 0 Å². The highest BCUT2D eigenvalue weighted by Crippen LogP contribution is 2.42. The number of hydrogen-bond donors (Lipinski definition) is 2. The number of ether oxygens (including phenoxy) is 2. The lowest BCUT2D eigenvalue weighted by atomic mass is 9.89. The Balaban J connectivity index is 1.26. The molecule has 5 aromatic rings. The highest BCUT2D eigenvalue weighted by atomic mass is 19.2. The van der Waals surface area contributed by atoms with Crippen LogP contribution in [0, 0.1) is 35.0 Å². The molecule has 1 saturated heterocycles. The van der Waals surface area contributed by atoms with Crippen molar-refractivity contribution >= 4 is 11.6 Å². The molecule has 1 amide bonds. The molecule has 5 aromatic carbocycles. The van der Waals surface area contributed by atoms with Crippen LogP contribution in [0.1, 0.15) is 57.5 Å². The Morgan fingerprint density at radius 1 is 0.667 bits per heavy atom. The molecule has 11 heteroatoms. The van der Waals surface area contributed by atoms with Gasteiger partial charge in [-0.05, 0) is 34.4 Å². The van der Waals surface area contributed by atoms with Crippen LogP contribution in [0.15, 0.2) is 109 Å². The molecular weight excluding hydrogens is 667 g/mol. The van der Waals surface area contributed by atoms with Crippen molar-refractivity contribution < 1.29 is 41.3 Å². The van der Waals surface area contributed by atoms with E-state index in [9.17, 15) is 31.9 Å². The molecular formula is C40H35F5N2O4. The van der Waals surface area contributed by atoms with Crippen molar-refractivity contribution in [2.45, 2.75) is 45.1 Å². The summed E-state index contributed by atoms with van der Waals surface area (Å²) in [6, 6.07) is 33.8. The van der Waals surface area contributed by atoms with Gasteiger partial charge in [0.15, 0.2) is 29.6 Å². The molecule has 4 atom stereocenters. The molecule has 1 fully saturated rings. The average Bonchev–Trinajstić information content (AvgIpc) is 3.15. The van der Waals surface area contributed by atoms with Crippen LogP contribution in [-0.2, 0) is 29.2 Å². The van der Waals surface area contributed by atoms with E-state index in [1.807, 2.05) is 60.7 Å². The van der Waals surface area contributed by atoms with Crippen LogP contribution >= 0.6 is 0 Å². The minimum absolute atomic E-state index is 0.0430. The highest BCUT2D eigenvalue weighted by molar-refractivity contribution is 6.04.